The molecule has 14 heavy (non-hydrogen) atoms. The number of aliphatic hydroxyl groups excluding tert-OH is 1. The van der Waals surface area contributed by atoms with Gasteiger partial charge >= 0.3 is 0 Å². The van der Waals surface area contributed by atoms with E-state index in [2.05, 4.69) is 0 Å². The van der Waals surface area contributed by atoms with E-state index in [1.165, 1.54) is 0 Å². The van der Waals surface area contributed by atoms with Crippen molar-refractivity contribution in [2.75, 3.05) is 13.7 Å². The van der Waals surface area contributed by atoms with Gasteiger partial charge in [0, 0.05) is 6.04 Å². The molecule has 3 N–H and O–H groups in total. The number of aryl methyl sites for hydroxylation is 1. The van der Waals surface area contributed by atoms with Crippen molar-refractivity contribution in [3.05, 3.63) is 29.8 Å². The molecule has 3 heteroatoms. The van der Waals surface area contributed by atoms with E-state index in [0.717, 1.165) is 24.2 Å². The Morgan fingerprint density at radius 1 is 1.43 bits per heavy atom. The highest BCUT2D eigenvalue weighted by atomic mass is 16.5. The van der Waals surface area contributed by atoms with Crippen molar-refractivity contribution in [2.24, 2.45) is 5.73 Å². The lowest BCUT2D eigenvalue weighted by atomic mass is 10.1. The van der Waals surface area contributed by atoms with E-state index in [1.807, 2.05) is 24.3 Å². The third-order valence-corrected chi connectivity index (χ3v) is 2.21. The van der Waals surface area contributed by atoms with Crippen molar-refractivity contribution in [2.45, 2.75) is 18.9 Å². The number of benzene rings is 1. The van der Waals surface area contributed by atoms with E-state index in [-0.39, 0.29) is 12.6 Å². The summed E-state index contributed by atoms with van der Waals surface area (Å²) in [5.74, 6) is 0.887. The summed E-state index contributed by atoms with van der Waals surface area (Å²) in [6, 6.07) is 7.72. The third kappa shape index (κ3) is 3.01. The molecule has 1 aromatic carbocycles. The zero-order chi connectivity index (χ0) is 10.4. The van der Waals surface area contributed by atoms with E-state index >= 15 is 0 Å². The summed E-state index contributed by atoms with van der Waals surface area (Å²) in [6.07, 6.45) is 1.61. The second-order valence-corrected chi connectivity index (χ2v) is 3.29. The van der Waals surface area contributed by atoms with Crippen LogP contribution in [0.1, 0.15) is 12.0 Å². The minimum absolute atomic E-state index is 0.0369. The maximum absolute atomic E-state index is 8.78. The molecule has 0 fully saturated rings. The average Bonchev–Trinajstić information content (AvgIpc) is 2.26. The SMILES string of the molecule is COc1ccccc1CCC(N)CO. The van der Waals surface area contributed by atoms with Gasteiger partial charge < -0.3 is 15.6 Å². The molecule has 1 unspecified atom stereocenters. The van der Waals surface area contributed by atoms with Gasteiger partial charge in [-0.15, -0.1) is 0 Å². The lowest BCUT2D eigenvalue weighted by Gasteiger charge is -2.10. The van der Waals surface area contributed by atoms with Gasteiger partial charge in [-0.2, -0.15) is 0 Å². The van der Waals surface area contributed by atoms with Crippen molar-refractivity contribution in [3.63, 3.8) is 0 Å². The predicted molar refractivity (Wildman–Crippen MR) is 56.4 cm³/mol. The Morgan fingerprint density at radius 3 is 2.79 bits per heavy atom. The van der Waals surface area contributed by atoms with Crippen LogP contribution in [0.25, 0.3) is 0 Å². The molecular weight excluding hydrogens is 178 g/mol. The minimum Gasteiger partial charge on any atom is -0.496 e. The molecule has 0 heterocycles. The fourth-order valence-corrected chi connectivity index (χ4v) is 1.34. The van der Waals surface area contributed by atoms with Crippen LogP contribution in [0.5, 0.6) is 5.75 Å². The van der Waals surface area contributed by atoms with E-state index in [9.17, 15) is 0 Å². The third-order valence-electron chi connectivity index (χ3n) is 2.21. The largest absolute Gasteiger partial charge is 0.496 e. The number of hydrogen-bond donors (Lipinski definition) is 2. The van der Waals surface area contributed by atoms with Crippen LogP contribution in [-0.4, -0.2) is 24.9 Å². The predicted octanol–water partition coefficient (Wildman–Crippen LogP) is 0.947. The number of ether oxygens (including phenoxy) is 1. The Balaban J connectivity index is 2.57. The second-order valence-electron chi connectivity index (χ2n) is 3.29. The van der Waals surface area contributed by atoms with E-state index < -0.39 is 0 Å². The Morgan fingerprint density at radius 2 is 2.14 bits per heavy atom. The van der Waals surface area contributed by atoms with Gasteiger partial charge in [0.1, 0.15) is 5.75 Å². The van der Waals surface area contributed by atoms with Crippen LogP contribution in [0.4, 0.5) is 0 Å². The van der Waals surface area contributed by atoms with Crippen LogP contribution in [0.3, 0.4) is 0 Å². The molecule has 0 saturated heterocycles. The summed E-state index contributed by atoms with van der Waals surface area (Å²) in [5.41, 5.74) is 6.76. The maximum Gasteiger partial charge on any atom is 0.122 e. The molecule has 0 amide bonds. The van der Waals surface area contributed by atoms with E-state index in [1.54, 1.807) is 7.11 Å². The molecule has 0 aliphatic carbocycles. The number of nitrogens with two attached hydrogens (primary N) is 1. The van der Waals surface area contributed by atoms with Gasteiger partial charge in [-0.1, -0.05) is 18.2 Å². The lowest BCUT2D eigenvalue weighted by Crippen LogP contribution is -2.24. The molecule has 3 nitrogen and oxygen atoms in total. The average molecular weight is 195 g/mol. The highest BCUT2D eigenvalue weighted by molar-refractivity contribution is 5.33. The standard InChI is InChI=1S/C11H17NO2/c1-14-11-5-3-2-4-9(11)6-7-10(12)8-13/h2-5,10,13H,6-8,12H2,1H3. The highest BCUT2D eigenvalue weighted by Crippen LogP contribution is 2.18. The van der Waals surface area contributed by atoms with Gasteiger partial charge in [-0.3, -0.25) is 0 Å². The molecule has 0 aliphatic heterocycles. The van der Waals surface area contributed by atoms with Crippen molar-refractivity contribution >= 4 is 0 Å². The smallest absolute Gasteiger partial charge is 0.122 e. The molecule has 1 aromatic rings. The number of para-hydroxylation sites is 1. The van der Waals surface area contributed by atoms with Crippen molar-refractivity contribution < 1.29 is 9.84 Å². The van der Waals surface area contributed by atoms with Gasteiger partial charge in [0.25, 0.3) is 0 Å². The van der Waals surface area contributed by atoms with Crippen LogP contribution >= 0.6 is 0 Å². The van der Waals surface area contributed by atoms with Crippen LogP contribution in [0.15, 0.2) is 24.3 Å². The van der Waals surface area contributed by atoms with Crippen molar-refractivity contribution in [1.82, 2.24) is 0 Å². The van der Waals surface area contributed by atoms with Gasteiger partial charge in [-0.25, -0.2) is 0 Å². The van der Waals surface area contributed by atoms with Crippen molar-refractivity contribution in [1.29, 1.82) is 0 Å². The maximum atomic E-state index is 8.78. The Labute approximate surface area is 84.5 Å². The van der Waals surface area contributed by atoms with Crippen LogP contribution < -0.4 is 10.5 Å². The normalized spacial score (nSPS) is 12.5. The molecule has 0 radical (unpaired) electrons. The monoisotopic (exact) mass is 195 g/mol. The van der Waals surface area contributed by atoms with E-state index in [4.69, 9.17) is 15.6 Å². The molecule has 0 aromatic heterocycles. The summed E-state index contributed by atoms with van der Waals surface area (Å²) < 4.78 is 5.21. The molecule has 0 saturated carbocycles. The molecule has 78 valence electrons. The Bertz CT molecular complexity index is 276. The summed E-state index contributed by atoms with van der Waals surface area (Å²) in [5, 5.41) is 8.78. The quantitative estimate of drug-likeness (QED) is 0.735. The summed E-state index contributed by atoms with van der Waals surface area (Å²) in [4.78, 5) is 0. The van der Waals surface area contributed by atoms with Crippen LogP contribution in [0.2, 0.25) is 0 Å². The summed E-state index contributed by atoms with van der Waals surface area (Å²) in [6.45, 7) is 0.0369. The Kier molecular flexibility index (Phi) is 4.43. The fourth-order valence-electron chi connectivity index (χ4n) is 1.34. The first kappa shape index (κ1) is 11.0. The minimum atomic E-state index is -0.139. The van der Waals surface area contributed by atoms with E-state index in [0.29, 0.717) is 0 Å². The molecule has 0 aliphatic rings. The zero-order valence-electron chi connectivity index (χ0n) is 8.44. The number of methoxy groups -OCH3 is 1. The summed E-state index contributed by atoms with van der Waals surface area (Å²) >= 11 is 0. The lowest BCUT2D eigenvalue weighted by molar-refractivity contribution is 0.260. The van der Waals surface area contributed by atoms with Crippen LogP contribution in [-0.2, 0) is 6.42 Å². The van der Waals surface area contributed by atoms with Gasteiger partial charge in [-0.05, 0) is 24.5 Å². The molecule has 1 rings (SSSR count). The number of aliphatic hydroxyl groups is 1. The van der Waals surface area contributed by atoms with Gasteiger partial charge in [0.2, 0.25) is 0 Å². The van der Waals surface area contributed by atoms with Gasteiger partial charge in [0.15, 0.2) is 0 Å². The first-order valence-corrected chi connectivity index (χ1v) is 4.76. The fraction of sp³-hybridized carbons (Fsp3) is 0.455. The molecule has 0 bridgehead atoms. The number of hydrogen-bond acceptors (Lipinski definition) is 3. The first-order valence-electron chi connectivity index (χ1n) is 4.76. The highest BCUT2D eigenvalue weighted by Gasteiger charge is 2.04. The molecule has 0 spiro atoms. The summed E-state index contributed by atoms with van der Waals surface area (Å²) in [7, 11) is 1.66. The topological polar surface area (TPSA) is 55.5 Å². The second kappa shape index (κ2) is 5.62. The Hall–Kier alpha value is -1.06. The number of rotatable bonds is 5. The molecule has 1 atom stereocenters. The van der Waals surface area contributed by atoms with Gasteiger partial charge in [0.05, 0.1) is 13.7 Å². The molecular formula is C11H17NO2. The first-order chi connectivity index (χ1) is 6.77. The zero-order valence-corrected chi connectivity index (χ0v) is 8.44. The van der Waals surface area contributed by atoms with Crippen LogP contribution in [0, 0.1) is 0 Å². The van der Waals surface area contributed by atoms with Crippen molar-refractivity contribution in [3.8, 4) is 5.75 Å².